The Morgan fingerprint density at radius 2 is 2.44 bits per heavy atom. The van der Waals surface area contributed by atoms with E-state index in [4.69, 9.17) is 5.11 Å². The van der Waals surface area contributed by atoms with Crippen LogP contribution in [0.5, 0.6) is 0 Å². The van der Waals surface area contributed by atoms with E-state index in [0.717, 1.165) is 22.6 Å². The van der Waals surface area contributed by atoms with E-state index >= 15 is 0 Å². The first-order chi connectivity index (χ1) is 8.72. The summed E-state index contributed by atoms with van der Waals surface area (Å²) >= 11 is 1.56. The summed E-state index contributed by atoms with van der Waals surface area (Å²) in [6, 6.07) is 4.01. The van der Waals surface area contributed by atoms with Gasteiger partial charge in [-0.05, 0) is 18.6 Å². The Morgan fingerprint density at radius 3 is 3.22 bits per heavy atom. The van der Waals surface area contributed by atoms with E-state index in [1.54, 1.807) is 16.8 Å². The second kappa shape index (κ2) is 4.41. The van der Waals surface area contributed by atoms with Gasteiger partial charge in [0.25, 0.3) is 0 Å². The predicted molar refractivity (Wildman–Crippen MR) is 69.0 cm³/mol. The standard InChI is InChI=1S/C11H12N4O2S/c16-11(17)15-4-3-7(5-15)13-9-2-1-8-10(14-9)12-6-18-8/h1-2,6-7H,3-5H2,(H,13,14)(H,16,17)/t7-/m1/s1. The van der Waals surface area contributed by atoms with Crippen LogP contribution in [0.15, 0.2) is 17.6 Å². The van der Waals surface area contributed by atoms with Crippen LogP contribution < -0.4 is 5.32 Å². The number of nitrogens with one attached hydrogen (secondary N) is 1. The second-order valence-electron chi connectivity index (χ2n) is 4.23. The van der Waals surface area contributed by atoms with E-state index in [-0.39, 0.29) is 6.04 Å². The molecule has 0 spiro atoms. The lowest BCUT2D eigenvalue weighted by molar-refractivity contribution is 0.155. The van der Waals surface area contributed by atoms with E-state index in [2.05, 4.69) is 15.3 Å². The van der Waals surface area contributed by atoms with Crippen molar-refractivity contribution in [1.82, 2.24) is 14.9 Å². The van der Waals surface area contributed by atoms with Gasteiger partial charge in [0.05, 0.1) is 10.2 Å². The molecule has 0 aliphatic carbocycles. The van der Waals surface area contributed by atoms with Gasteiger partial charge in [0.1, 0.15) is 5.82 Å². The average Bonchev–Trinajstić information content (AvgIpc) is 2.96. The van der Waals surface area contributed by atoms with Gasteiger partial charge in [0.2, 0.25) is 0 Å². The molecular weight excluding hydrogens is 252 g/mol. The van der Waals surface area contributed by atoms with Crippen molar-refractivity contribution in [2.24, 2.45) is 0 Å². The minimum atomic E-state index is -0.859. The predicted octanol–water partition coefficient (Wildman–Crippen LogP) is 1.86. The smallest absolute Gasteiger partial charge is 0.407 e. The number of carbonyl (C=O) groups is 1. The summed E-state index contributed by atoms with van der Waals surface area (Å²) in [5, 5.41) is 12.1. The van der Waals surface area contributed by atoms with Crippen molar-refractivity contribution < 1.29 is 9.90 Å². The lowest BCUT2D eigenvalue weighted by Gasteiger charge is -2.14. The molecule has 2 aromatic heterocycles. The molecule has 2 aromatic rings. The van der Waals surface area contributed by atoms with E-state index in [1.165, 1.54) is 4.90 Å². The maximum atomic E-state index is 10.8. The largest absolute Gasteiger partial charge is 0.465 e. The first kappa shape index (κ1) is 11.2. The molecule has 18 heavy (non-hydrogen) atoms. The molecule has 2 N–H and O–H groups in total. The van der Waals surface area contributed by atoms with Crippen LogP contribution in [0.25, 0.3) is 10.3 Å². The average molecular weight is 264 g/mol. The van der Waals surface area contributed by atoms with Crippen LogP contribution in [0.3, 0.4) is 0 Å². The van der Waals surface area contributed by atoms with Crippen LogP contribution >= 0.6 is 11.3 Å². The van der Waals surface area contributed by atoms with Crippen LogP contribution in [0.4, 0.5) is 10.6 Å². The molecule has 7 heteroatoms. The van der Waals surface area contributed by atoms with Crippen LogP contribution in [-0.2, 0) is 0 Å². The maximum absolute atomic E-state index is 10.8. The van der Waals surface area contributed by atoms with Gasteiger partial charge in [-0.15, -0.1) is 11.3 Å². The number of hydrogen-bond acceptors (Lipinski definition) is 5. The normalized spacial score (nSPS) is 19.3. The van der Waals surface area contributed by atoms with Crippen molar-refractivity contribution >= 4 is 33.6 Å². The van der Waals surface area contributed by atoms with Gasteiger partial charge in [0, 0.05) is 19.1 Å². The number of hydrogen-bond donors (Lipinski definition) is 2. The second-order valence-corrected chi connectivity index (χ2v) is 5.12. The topological polar surface area (TPSA) is 78.4 Å². The zero-order chi connectivity index (χ0) is 12.5. The van der Waals surface area contributed by atoms with Gasteiger partial charge >= 0.3 is 6.09 Å². The minimum absolute atomic E-state index is 0.129. The first-order valence-corrected chi connectivity index (χ1v) is 6.55. The summed E-state index contributed by atoms with van der Waals surface area (Å²) in [6.07, 6.45) is -0.0504. The fourth-order valence-electron chi connectivity index (χ4n) is 2.09. The zero-order valence-corrected chi connectivity index (χ0v) is 10.4. The third-order valence-corrected chi connectivity index (χ3v) is 3.79. The fraction of sp³-hybridized carbons (Fsp3) is 0.364. The molecule has 6 nitrogen and oxygen atoms in total. The lowest BCUT2D eigenvalue weighted by atomic mass is 10.2. The molecule has 0 bridgehead atoms. The number of likely N-dealkylation sites (tertiary alicyclic amines) is 1. The Balaban J connectivity index is 1.71. The summed E-state index contributed by atoms with van der Waals surface area (Å²) in [4.78, 5) is 20.8. The van der Waals surface area contributed by atoms with Crippen LogP contribution in [-0.4, -0.2) is 45.2 Å². The molecule has 1 fully saturated rings. The number of anilines is 1. The molecule has 1 atom stereocenters. The van der Waals surface area contributed by atoms with Crippen molar-refractivity contribution in [3.8, 4) is 0 Å². The van der Waals surface area contributed by atoms with E-state index in [9.17, 15) is 4.79 Å². The Morgan fingerprint density at radius 1 is 1.56 bits per heavy atom. The van der Waals surface area contributed by atoms with Gasteiger partial charge < -0.3 is 15.3 Å². The van der Waals surface area contributed by atoms with Crippen LogP contribution in [0.1, 0.15) is 6.42 Å². The molecular formula is C11H12N4O2S. The quantitative estimate of drug-likeness (QED) is 0.865. The van der Waals surface area contributed by atoms with E-state index in [1.807, 2.05) is 12.1 Å². The van der Waals surface area contributed by atoms with E-state index < -0.39 is 6.09 Å². The summed E-state index contributed by atoms with van der Waals surface area (Å²) in [5.41, 5.74) is 2.50. The number of amides is 1. The molecule has 0 aromatic carbocycles. The van der Waals surface area contributed by atoms with Gasteiger partial charge in [-0.3, -0.25) is 0 Å². The molecule has 0 unspecified atom stereocenters. The fourth-order valence-corrected chi connectivity index (χ4v) is 2.71. The number of thiazole rings is 1. The van der Waals surface area contributed by atoms with Crippen molar-refractivity contribution in [2.75, 3.05) is 18.4 Å². The number of fused-ring (bicyclic) bond motifs is 1. The summed E-state index contributed by atoms with van der Waals surface area (Å²) in [7, 11) is 0. The highest BCUT2D eigenvalue weighted by atomic mass is 32.1. The molecule has 1 aliphatic rings. The number of carboxylic acid groups (broad SMARTS) is 1. The number of pyridine rings is 1. The number of aromatic nitrogens is 2. The van der Waals surface area contributed by atoms with Crippen LogP contribution in [0, 0.1) is 0 Å². The molecule has 0 saturated carbocycles. The van der Waals surface area contributed by atoms with Gasteiger partial charge in [-0.1, -0.05) is 0 Å². The number of rotatable bonds is 2. The molecule has 1 aliphatic heterocycles. The van der Waals surface area contributed by atoms with Crippen molar-refractivity contribution in [1.29, 1.82) is 0 Å². The van der Waals surface area contributed by atoms with E-state index in [0.29, 0.717) is 13.1 Å². The highest BCUT2D eigenvalue weighted by Crippen LogP contribution is 2.20. The number of nitrogens with zero attached hydrogens (tertiary/aromatic N) is 3. The zero-order valence-electron chi connectivity index (χ0n) is 9.54. The molecule has 94 valence electrons. The monoisotopic (exact) mass is 264 g/mol. The molecule has 1 amide bonds. The van der Waals surface area contributed by atoms with Gasteiger partial charge in [-0.2, -0.15) is 0 Å². The first-order valence-electron chi connectivity index (χ1n) is 5.67. The highest BCUT2D eigenvalue weighted by molar-refractivity contribution is 7.16. The van der Waals surface area contributed by atoms with Crippen molar-refractivity contribution in [3.05, 3.63) is 17.6 Å². The van der Waals surface area contributed by atoms with Crippen molar-refractivity contribution in [2.45, 2.75) is 12.5 Å². The molecule has 0 radical (unpaired) electrons. The molecule has 3 rings (SSSR count). The van der Waals surface area contributed by atoms with Crippen LogP contribution in [0.2, 0.25) is 0 Å². The van der Waals surface area contributed by atoms with Crippen molar-refractivity contribution in [3.63, 3.8) is 0 Å². The Kier molecular flexibility index (Phi) is 2.75. The maximum Gasteiger partial charge on any atom is 0.407 e. The Labute approximate surface area is 107 Å². The Bertz CT molecular complexity index is 585. The van der Waals surface area contributed by atoms with Gasteiger partial charge in [-0.25, -0.2) is 14.8 Å². The highest BCUT2D eigenvalue weighted by Gasteiger charge is 2.25. The van der Waals surface area contributed by atoms with Gasteiger partial charge in [0.15, 0.2) is 5.65 Å². The third-order valence-electron chi connectivity index (χ3n) is 3.00. The molecule has 1 saturated heterocycles. The summed E-state index contributed by atoms with van der Waals surface area (Å²) < 4.78 is 1.05. The summed E-state index contributed by atoms with van der Waals surface area (Å²) in [6.45, 7) is 1.08. The SMILES string of the molecule is O=C(O)N1CC[C@@H](Nc2ccc3scnc3n2)C1. The minimum Gasteiger partial charge on any atom is -0.465 e. The Hall–Kier alpha value is -1.89. The summed E-state index contributed by atoms with van der Waals surface area (Å²) in [5.74, 6) is 0.755. The lowest BCUT2D eigenvalue weighted by Crippen LogP contribution is -2.30. The molecule has 3 heterocycles. The third kappa shape index (κ3) is 2.08.